The molecule has 2 atom stereocenters. The highest BCUT2D eigenvalue weighted by atomic mass is 32.2. The van der Waals surface area contributed by atoms with Gasteiger partial charge in [0.25, 0.3) is 11.8 Å². The van der Waals surface area contributed by atoms with Crippen LogP contribution in [0.4, 0.5) is 10.7 Å². The maximum Gasteiger partial charge on any atom is 0.272 e. The monoisotopic (exact) mass is 754 g/mol. The highest BCUT2D eigenvalue weighted by Gasteiger charge is 2.33. The summed E-state index contributed by atoms with van der Waals surface area (Å²) in [5.41, 5.74) is 4.22. The number of amides is 3. The minimum absolute atomic E-state index is 0.0504. The highest BCUT2D eigenvalue weighted by molar-refractivity contribution is 8.00. The van der Waals surface area contributed by atoms with Gasteiger partial charge in [-0.2, -0.15) is 5.26 Å². The normalized spacial score (nSPS) is 14.6. The third-order valence-electron chi connectivity index (χ3n) is 9.48. The molecule has 5 aromatic rings. The number of carbonyl (C=O) groups is 3. The molecule has 0 spiro atoms. The molecule has 1 heterocycles. The van der Waals surface area contributed by atoms with Gasteiger partial charge in [-0.15, -0.1) is 23.1 Å². The van der Waals surface area contributed by atoms with Gasteiger partial charge < -0.3 is 20.7 Å². The lowest BCUT2D eigenvalue weighted by Gasteiger charge is -2.33. The third-order valence-corrected chi connectivity index (χ3v) is 11.9. The van der Waals surface area contributed by atoms with Crippen molar-refractivity contribution in [3.63, 3.8) is 0 Å². The van der Waals surface area contributed by atoms with E-state index in [1.807, 2.05) is 42.5 Å². The molecule has 4 aromatic carbocycles. The number of hydrogen-bond acceptors (Lipinski definition) is 7. The van der Waals surface area contributed by atoms with Crippen molar-refractivity contribution in [3.05, 3.63) is 148 Å². The van der Waals surface area contributed by atoms with Crippen LogP contribution in [0.2, 0.25) is 0 Å². The summed E-state index contributed by atoms with van der Waals surface area (Å²) in [5.74, 6) is -0.0112. The fourth-order valence-electron chi connectivity index (χ4n) is 6.40. The third kappa shape index (κ3) is 9.29. The Balaban J connectivity index is 1.23. The zero-order valence-electron chi connectivity index (χ0n) is 30.6. The first-order chi connectivity index (χ1) is 26.0. The fourth-order valence-corrected chi connectivity index (χ4v) is 8.76. The number of thiophene rings is 1. The van der Waals surface area contributed by atoms with Crippen molar-refractivity contribution in [2.45, 2.75) is 50.2 Å². The van der Waals surface area contributed by atoms with Crippen LogP contribution < -0.4 is 20.7 Å². The van der Waals surface area contributed by atoms with Crippen molar-refractivity contribution in [3.8, 4) is 11.8 Å². The van der Waals surface area contributed by atoms with Gasteiger partial charge in [-0.1, -0.05) is 87.5 Å². The van der Waals surface area contributed by atoms with Crippen LogP contribution in [-0.4, -0.2) is 24.8 Å². The lowest BCUT2D eigenvalue weighted by Crippen LogP contribution is -2.30. The molecule has 10 heteroatoms. The molecule has 6 rings (SSSR count). The van der Waals surface area contributed by atoms with Crippen molar-refractivity contribution < 1.29 is 19.1 Å². The average Bonchev–Trinajstić information content (AvgIpc) is 3.53. The summed E-state index contributed by atoms with van der Waals surface area (Å²) >= 11 is 2.86. The average molecular weight is 755 g/mol. The molecule has 274 valence electrons. The molecule has 2 unspecified atom stereocenters. The van der Waals surface area contributed by atoms with Crippen molar-refractivity contribution in [1.82, 2.24) is 5.32 Å². The predicted octanol–water partition coefficient (Wildman–Crippen LogP) is 9.66. The molecule has 0 radical (unpaired) electrons. The van der Waals surface area contributed by atoms with Gasteiger partial charge in [0.1, 0.15) is 27.8 Å². The van der Waals surface area contributed by atoms with Crippen molar-refractivity contribution in [2.75, 3.05) is 17.7 Å². The number of benzene rings is 4. The molecular formula is C44H42N4O4S2. The molecule has 0 fully saturated rings. The first-order valence-electron chi connectivity index (χ1n) is 17.7. The van der Waals surface area contributed by atoms with E-state index in [0.717, 1.165) is 35.3 Å². The molecule has 1 aliphatic rings. The van der Waals surface area contributed by atoms with Crippen molar-refractivity contribution >= 4 is 57.6 Å². The van der Waals surface area contributed by atoms with Crippen LogP contribution >= 0.6 is 23.1 Å². The van der Waals surface area contributed by atoms with Gasteiger partial charge in [0.15, 0.2) is 0 Å². The Morgan fingerprint density at radius 2 is 1.63 bits per heavy atom. The van der Waals surface area contributed by atoms with Crippen LogP contribution in [-0.2, 0) is 22.4 Å². The second-order valence-electron chi connectivity index (χ2n) is 14.2. The second kappa shape index (κ2) is 17.0. The van der Waals surface area contributed by atoms with Crippen LogP contribution in [0, 0.1) is 22.7 Å². The van der Waals surface area contributed by atoms with Crippen LogP contribution in [0.15, 0.2) is 120 Å². The van der Waals surface area contributed by atoms with Crippen molar-refractivity contribution in [1.29, 1.82) is 5.26 Å². The summed E-state index contributed by atoms with van der Waals surface area (Å²) in [4.78, 5) is 43.0. The number of thioether (sulfide) groups is 1. The number of ether oxygens (including phenoxy) is 1. The lowest BCUT2D eigenvalue weighted by atomic mass is 9.72. The fraction of sp³-hybridized carbons (Fsp3) is 0.227. The Morgan fingerprint density at radius 1 is 0.926 bits per heavy atom. The van der Waals surface area contributed by atoms with E-state index in [4.69, 9.17) is 4.74 Å². The molecule has 54 heavy (non-hydrogen) atoms. The van der Waals surface area contributed by atoms with Crippen LogP contribution in [0.5, 0.6) is 5.75 Å². The summed E-state index contributed by atoms with van der Waals surface area (Å²) in [6.45, 7) is 6.77. The summed E-state index contributed by atoms with van der Waals surface area (Å²) < 4.78 is 5.27. The summed E-state index contributed by atoms with van der Waals surface area (Å²) in [6, 6.07) is 34.9. The molecule has 1 aromatic heterocycles. The van der Waals surface area contributed by atoms with E-state index in [9.17, 15) is 19.6 Å². The second-order valence-corrected chi connectivity index (χ2v) is 16.4. The number of methoxy groups -OCH3 is 1. The van der Waals surface area contributed by atoms with Gasteiger partial charge in [0.2, 0.25) is 5.91 Å². The predicted molar refractivity (Wildman–Crippen MR) is 218 cm³/mol. The number of rotatable bonds is 11. The van der Waals surface area contributed by atoms with Crippen LogP contribution in [0.3, 0.4) is 0 Å². The zero-order valence-corrected chi connectivity index (χ0v) is 32.3. The molecule has 0 saturated heterocycles. The Bertz CT molecular complexity index is 2200. The Hall–Kier alpha value is -5.63. The molecule has 3 amide bonds. The van der Waals surface area contributed by atoms with Gasteiger partial charge in [-0.3, -0.25) is 14.4 Å². The molecule has 8 nitrogen and oxygen atoms in total. The maximum absolute atomic E-state index is 14.1. The molecule has 0 saturated carbocycles. The summed E-state index contributed by atoms with van der Waals surface area (Å²) in [7, 11) is 1.58. The number of hydrogen-bond donors (Lipinski definition) is 3. The Labute approximate surface area is 324 Å². The maximum atomic E-state index is 14.1. The number of fused-ring (bicyclic) bond motifs is 1. The van der Waals surface area contributed by atoms with E-state index in [1.165, 1.54) is 28.0 Å². The van der Waals surface area contributed by atoms with E-state index in [-0.39, 0.29) is 17.0 Å². The van der Waals surface area contributed by atoms with Gasteiger partial charge >= 0.3 is 0 Å². The SMILES string of the molecule is COc1ccc(/C=C(/NC(=O)c2ccccc2)C(=O)Nc2cccc(SC(C(=O)Nc3sc4c(c3C#N)CCC(C(C)(C)C)C4)c3ccccc3)c2)cc1. The largest absolute Gasteiger partial charge is 0.497 e. The Kier molecular flexibility index (Phi) is 12.0. The van der Waals surface area contributed by atoms with Crippen LogP contribution in [0.1, 0.15) is 69.9 Å². The van der Waals surface area contributed by atoms with Gasteiger partial charge in [-0.25, -0.2) is 0 Å². The first-order valence-corrected chi connectivity index (χ1v) is 19.4. The summed E-state index contributed by atoms with van der Waals surface area (Å²) in [6.07, 6.45) is 4.35. The molecular weight excluding hydrogens is 713 g/mol. The lowest BCUT2D eigenvalue weighted by molar-refractivity contribution is -0.116. The molecule has 1 aliphatic carbocycles. The topological polar surface area (TPSA) is 120 Å². The zero-order chi connectivity index (χ0) is 38.2. The van der Waals surface area contributed by atoms with Gasteiger partial charge in [-0.05, 0) is 95.8 Å². The van der Waals surface area contributed by atoms with E-state index in [2.05, 4.69) is 42.8 Å². The standard InChI is InChI=1S/C44H42N4O4S2/c1-44(2,3)31-20-23-35-36(27-45)43(54-38(35)25-31)48-42(51)39(29-12-7-5-8-13-29)53-34-17-11-16-32(26-34)46-41(50)37(24-28-18-21-33(52-4)22-19-28)47-40(49)30-14-9-6-10-15-30/h5-19,21-22,24,26,31,39H,20,23,25H2,1-4H3,(H,46,50)(H,47,49)(H,48,51)/b37-24+. The van der Waals surface area contributed by atoms with Crippen LogP contribution in [0.25, 0.3) is 6.08 Å². The summed E-state index contributed by atoms with van der Waals surface area (Å²) in [5, 5.41) is 18.9. The highest BCUT2D eigenvalue weighted by Crippen LogP contribution is 2.45. The van der Waals surface area contributed by atoms with E-state index < -0.39 is 17.1 Å². The minimum atomic E-state index is -0.652. The number of nitrogens with zero attached hydrogens (tertiary/aromatic N) is 1. The minimum Gasteiger partial charge on any atom is -0.497 e. The number of nitriles is 1. The number of anilines is 2. The Morgan fingerprint density at radius 3 is 2.30 bits per heavy atom. The van der Waals surface area contributed by atoms with E-state index in [0.29, 0.717) is 39.0 Å². The van der Waals surface area contributed by atoms with Crippen molar-refractivity contribution in [2.24, 2.45) is 11.3 Å². The van der Waals surface area contributed by atoms with Gasteiger partial charge in [0.05, 0.1) is 12.7 Å². The quantitative estimate of drug-likeness (QED) is 0.0913. The van der Waals surface area contributed by atoms with E-state index in [1.54, 1.807) is 79.9 Å². The molecule has 0 aliphatic heterocycles. The van der Waals surface area contributed by atoms with Gasteiger partial charge in [0, 0.05) is 21.0 Å². The van der Waals surface area contributed by atoms with E-state index >= 15 is 0 Å². The number of carbonyl (C=O) groups excluding carboxylic acids is 3. The smallest absolute Gasteiger partial charge is 0.272 e. The number of nitrogens with one attached hydrogen (secondary N) is 3. The first kappa shape index (κ1) is 38.1. The molecule has 0 bridgehead atoms. The molecule has 3 N–H and O–H groups in total.